The van der Waals surface area contributed by atoms with Crippen LogP contribution in [0.1, 0.15) is 19.8 Å². The van der Waals surface area contributed by atoms with Crippen LogP contribution in [0.15, 0.2) is 24.3 Å². The molecule has 8 heteroatoms. The fourth-order valence-corrected chi connectivity index (χ4v) is 2.85. The van der Waals surface area contributed by atoms with Gasteiger partial charge in [-0.2, -0.15) is 0 Å². The van der Waals surface area contributed by atoms with E-state index in [2.05, 4.69) is 15.5 Å². The molecular weight excluding hydrogens is 350 g/mol. The molecule has 1 saturated heterocycles. The average molecular weight is 379 g/mol. The lowest BCUT2D eigenvalue weighted by Crippen LogP contribution is -2.42. The molecule has 0 spiro atoms. The molecule has 0 unspecified atom stereocenters. The molecule has 8 nitrogen and oxygen atoms in total. The van der Waals surface area contributed by atoms with E-state index in [1.807, 2.05) is 6.92 Å². The van der Waals surface area contributed by atoms with Crippen LogP contribution in [0.2, 0.25) is 0 Å². The van der Waals surface area contributed by atoms with Crippen molar-refractivity contribution in [3.63, 3.8) is 0 Å². The smallest absolute Gasteiger partial charge is 0.321 e. The van der Waals surface area contributed by atoms with Gasteiger partial charge in [0.05, 0.1) is 26.2 Å². The van der Waals surface area contributed by atoms with E-state index in [1.165, 1.54) is 0 Å². The van der Waals surface area contributed by atoms with Crippen molar-refractivity contribution in [1.29, 1.82) is 0 Å². The second kappa shape index (κ2) is 11.5. The maximum absolute atomic E-state index is 12.2. The number of rotatable bonds is 11. The predicted molar refractivity (Wildman–Crippen MR) is 102 cm³/mol. The quantitative estimate of drug-likeness (QED) is 0.497. The van der Waals surface area contributed by atoms with E-state index in [-0.39, 0.29) is 12.3 Å². The maximum Gasteiger partial charge on any atom is 0.321 e. The van der Waals surface area contributed by atoms with E-state index < -0.39 is 12.0 Å². The van der Waals surface area contributed by atoms with Gasteiger partial charge in [-0.1, -0.05) is 0 Å². The van der Waals surface area contributed by atoms with Gasteiger partial charge >= 0.3 is 5.97 Å². The summed E-state index contributed by atoms with van der Waals surface area (Å²) < 4.78 is 10.7. The van der Waals surface area contributed by atoms with Gasteiger partial charge in [0.25, 0.3) is 0 Å². The normalized spacial score (nSPS) is 15.9. The standard InChI is InChI=1S/C19H29N3O5/c1-2-27-16-6-4-15(5-7-16)21-18(23)14-17(19(24)25)20-8-3-9-22-10-12-26-13-11-22/h4-7,17,20H,2-3,8-14H2,1H3,(H,21,23)(H,24,25)/t17-/m0/s1. The number of carbonyl (C=O) groups excluding carboxylic acids is 1. The number of morpholine rings is 1. The summed E-state index contributed by atoms with van der Waals surface area (Å²) in [4.78, 5) is 25.9. The summed E-state index contributed by atoms with van der Waals surface area (Å²) in [5, 5.41) is 15.0. The molecule has 1 fully saturated rings. The second-order valence-corrected chi connectivity index (χ2v) is 6.36. The van der Waals surface area contributed by atoms with Crippen LogP contribution in [0, 0.1) is 0 Å². The molecule has 0 aliphatic carbocycles. The number of hydrogen-bond acceptors (Lipinski definition) is 6. The van der Waals surface area contributed by atoms with Crippen LogP contribution in [-0.4, -0.2) is 73.9 Å². The Balaban J connectivity index is 1.71. The summed E-state index contributed by atoms with van der Waals surface area (Å²) in [6.07, 6.45) is 0.699. The number of carboxylic acids is 1. The van der Waals surface area contributed by atoms with Gasteiger partial charge in [-0.15, -0.1) is 0 Å². The molecule has 1 aromatic rings. The highest BCUT2D eigenvalue weighted by Crippen LogP contribution is 2.16. The van der Waals surface area contributed by atoms with Crippen LogP contribution in [0.3, 0.4) is 0 Å². The second-order valence-electron chi connectivity index (χ2n) is 6.36. The Morgan fingerprint density at radius 2 is 1.96 bits per heavy atom. The Kier molecular flexibility index (Phi) is 9.03. The summed E-state index contributed by atoms with van der Waals surface area (Å²) >= 11 is 0. The van der Waals surface area contributed by atoms with Gasteiger partial charge < -0.3 is 25.2 Å². The number of amides is 1. The largest absolute Gasteiger partial charge is 0.494 e. The zero-order valence-corrected chi connectivity index (χ0v) is 15.8. The lowest BCUT2D eigenvalue weighted by molar-refractivity contribution is -0.141. The van der Waals surface area contributed by atoms with E-state index in [1.54, 1.807) is 24.3 Å². The molecule has 1 heterocycles. The topological polar surface area (TPSA) is 100 Å². The van der Waals surface area contributed by atoms with Crippen molar-refractivity contribution in [2.75, 3.05) is 51.3 Å². The summed E-state index contributed by atoms with van der Waals surface area (Å²) in [6, 6.07) is 6.08. The Morgan fingerprint density at radius 1 is 1.26 bits per heavy atom. The van der Waals surface area contributed by atoms with Gasteiger partial charge in [0, 0.05) is 18.8 Å². The zero-order valence-electron chi connectivity index (χ0n) is 15.8. The predicted octanol–water partition coefficient (Wildman–Crippen LogP) is 1.18. The Hall–Kier alpha value is -2.16. The summed E-state index contributed by atoms with van der Waals surface area (Å²) in [6.45, 7) is 7.22. The monoisotopic (exact) mass is 379 g/mol. The lowest BCUT2D eigenvalue weighted by atomic mass is 10.2. The van der Waals surface area contributed by atoms with Crippen molar-refractivity contribution >= 4 is 17.6 Å². The van der Waals surface area contributed by atoms with Crippen molar-refractivity contribution in [3.05, 3.63) is 24.3 Å². The molecule has 27 heavy (non-hydrogen) atoms. The van der Waals surface area contributed by atoms with Gasteiger partial charge in [0.2, 0.25) is 5.91 Å². The number of nitrogens with one attached hydrogen (secondary N) is 2. The van der Waals surface area contributed by atoms with Crippen LogP contribution in [0.4, 0.5) is 5.69 Å². The molecule has 0 aromatic heterocycles. The maximum atomic E-state index is 12.2. The number of benzene rings is 1. The first-order chi connectivity index (χ1) is 13.1. The van der Waals surface area contributed by atoms with E-state index in [4.69, 9.17) is 9.47 Å². The van der Waals surface area contributed by atoms with Gasteiger partial charge in [0.1, 0.15) is 11.8 Å². The molecule has 1 atom stereocenters. The van der Waals surface area contributed by atoms with Gasteiger partial charge in [-0.3, -0.25) is 14.5 Å². The number of hydrogen-bond donors (Lipinski definition) is 3. The highest BCUT2D eigenvalue weighted by molar-refractivity contribution is 5.94. The Morgan fingerprint density at radius 3 is 2.59 bits per heavy atom. The molecule has 0 saturated carbocycles. The highest BCUT2D eigenvalue weighted by Gasteiger charge is 2.20. The van der Waals surface area contributed by atoms with Gasteiger partial charge in [-0.05, 0) is 50.7 Å². The average Bonchev–Trinajstić information content (AvgIpc) is 2.66. The van der Waals surface area contributed by atoms with Crippen LogP contribution < -0.4 is 15.4 Å². The fraction of sp³-hybridized carbons (Fsp3) is 0.579. The number of nitrogens with zero attached hydrogens (tertiary/aromatic N) is 1. The molecule has 1 aliphatic rings. The van der Waals surface area contributed by atoms with Crippen molar-refractivity contribution < 1.29 is 24.2 Å². The van der Waals surface area contributed by atoms with E-state index in [9.17, 15) is 14.7 Å². The number of anilines is 1. The molecule has 3 N–H and O–H groups in total. The first kappa shape index (κ1) is 21.1. The number of ether oxygens (including phenoxy) is 2. The molecule has 2 rings (SSSR count). The van der Waals surface area contributed by atoms with Gasteiger partial charge in [0.15, 0.2) is 0 Å². The molecular formula is C19H29N3O5. The highest BCUT2D eigenvalue weighted by atomic mass is 16.5. The molecule has 0 bridgehead atoms. The number of carboxylic acid groups (broad SMARTS) is 1. The molecule has 0 radical (unpaired) electrons. The summed E-state index contributed by atoms with van der Waals surface area (Å²) in [5.41, 5.74) is 0.611. The first-order valence-electron chi connectivity index (χ1n) is 9.37. The molecule has 150 valence electrons. The minimum Gasteiger partial charge on any atom is -0.494 e. The van der Waals surface area contributed by atoms with Gasteiger partial charge in [-0.25, -0.2) is 0 Å². The zero-order chi connectivity index (χ0) is 19.5. The van der Waals surface area contributed by atoms with Crippen molar-refractivity contribution in [3.8, 4) is 5.75 Å². The van der Waals surface area contributed by atoms with E-state index in [0.717, 1.165) is 45.0 Å². The molecule has 1 aromatic carbocycles. The van der Waals surface area contributed by atoms with Crippen molar-refractivity contribution in [2.45, 2.75) is 25.8 Å². The van der Waals surface area contributed by atoms with E-state index >= 15 is 0 Å². The molecule has 1 aliphatic heterocycles. The number of carbonyl (C=O) groups is 2. The Labute approximate surface area is 159 Å². The minimum atomic E-state index is -1.02. The first-order valence-corrected chi connectivity index (χ1v) is 9.37. The third-order valence-corrected chi connectivity index (χ3v) is 4.28. The number of aliphatic carboxylic acids is 1. The molecule has 1 amide bonds. The Bertz CT molecular complexity index is 588. The third-order valence-electron chi connectivity index (χ3n) is 4.28. The minimum absolute atomic E-state index is 0.125. The van der Waals surface area contributed by atoms with Crippen LogP contribution >= 0.6 is 0 Å². The van der Waals surface area contributed by atoms with Crippen molar-refractivity contribution in [2.24, 2.45) is 0 Å². The van der Waals surface area contributed by atoms with Crippen LogP contribution in [0.25, 0.3) is 0 Å². The fourth-order valence-electron chi connectivity index (χ4n) is 2.85. The SMILES string of the molecule is CCOc1ccc(NC(=O)C[C@H](NCCCN2CCOCC2)C(=O)O)cc1. The third kappa shape index (κ3) is 7.94. The van der Waals surface area contributed by atoms with Crippen LogP contribution in [0.5, 0.6) is 5.75 Å². The lowest BCUT2D eigenvalue weighted by Gasteiger charge is -2.26. The van der Waals surface area contributed by atoms with E-state index in [0.29, 0.717) is 18.8 Å². The van der Waals surface area contributed by atoms with Crippen LogP contribution in [-0.2, 0) is 14.3 Å². The summed E-state index contributed by atoms with van der Waals surface area (Å²) in [5.74, 6) is -0.642. The van der Waals surface area contributed by atoms with Crippen molar-refractivity contribution in [1.82, 2.24) is 10.2 Å². The summed E-state index contributed by atoms with van der Waals surface area (Å²) in [7, 11) is 0.